The number of nitrogens with zero attached hydrogens (tertiary/aromatic N) is 1. The molecule has 180 valence electrons. The first-order valence-corrected chi connectivity index (χ1v) is 14.9. The summed E-state index contributed by atoms with van der Waals surface area (Å²) in [7, 11) is 2.12. The first-order chi connectivity index (χ1) is 15.4. The van der Waals surface area contributed by atoms with Crippen LogP contribution in [0.3, 0.4) is 0 Å². The molecular formula is C28H45NO2S. The fraction of sp³-hybridized carbons (Fsp3) is 0.964. The minimum Gasteiger partial charge on any atom is -0.374 e. The fourth-order valence-electron chi connectivity index (χ4n) is 9.37. The lowest BCUT2D eigenvalue weighted by atomic mass is 9.47. The Morgan fingerprint density at radius 1 is 0.906 bits per heavy atom. The van der Waals surface area contributed by atoms with Crippen LogP contribution in [0.15, 0.2) is 0 Å². The van der Waals surface area contributed by atoms with Gasteiger partial charge in [-0.25, -0.2) is 0 Å². The standard InChI is InChI=1S/C28H45NO2S/c1-27-16-15-22-20(21(27)12-14-24(27)31-18-9-10-18)11-13-23-28(22,2)25(17-26(30)29(23)3)32-19-7-5-4-6-8-19/h18-25H,4-17H2,1-3H3/t20?,21?,22?,23-,24+,25?,27?,28?/m1/s1. The van der Waals surface area contributed by atoms with Crippen LogP contribution in [-0.2, 0) is 9.53 Å². The van der Waals surface area contributed by atoms with Crippen molar-refractivity contribution in [3.8, 4) is 0 Å². The molecule has 0 spiro atoms. The van der Waals surface area contributed by atoms with Gasteiger partial charge in [0.05, 0.1) is 12.2 Å². The van der Waals surface area contributed by atoms with Gasteiger partial charge in [-0.3, -0.25) is 4.79 Å². The maximum absolute atomic E-state index is 13.1. The van der Waals surface area contributed by atoms with E-state index in [1.807, 2.05) is 0 Å². The van der Waals surface area contributed by atoms with Crippen molar-refractivity contribution < 1.29 is 9.53 Å². The Kier molecular flexibility index (Phi) is 5.69. The lowest BCUT2D eigenvalue weighted by Gasteiger charge is -2.64. The van der Waals surface area contributed by atoms with Gasteiger partial charge in [-0.1, -0.05) is 33.1 Å². The van der Waals surface area contributed by atoms with Crippen LogP contribution >= 0.6 is 11.8 Å². The molecule has 6 fully saturated rings. The van der Waals surface area contributed by atoms with Crippen molar-refractivity contribution in [3.05, 3.63) is 0 Å². The summed E-state index contributed by atoms with van der Waals surface area (Å²) in [6.45, 7) is 5.22. The molecule has 3 nitrogen and oxygen atoms in total. The highest BCUT2D eigenvalue weighted by Gasteiger charge is 2.64. The number of hydrogen-bond acceptors (Lipinski definition) is 3. The molecule has 8 atom stereocenters. The molecule has 32 heavy (non-hydrogen) atoms. The Hall–Kier alpha value is -0.220. The highest BCUT2D eigenvalue weighted by atomic mass is 32.2. The number of likely N-dealkylation sites (tertiary alicyclic amines) is 1. The van der Waals surface area contributed by atoms with Crippen molar-refractivity contribution in [3.63, 3.8) is 0 Å². The van der Waals surface area contributed by atoms with E-state index in [9.17, 15) is 4.79 Å². The first kappa shape index (κ1) is 22.3. The summed E-state index contributed by atoms with van der Waals surface area (Å²) >= 11 is 2.26. The van der Waals surface area contributed by atoms with E-state index in [1.165, 1.54) is 83.5 Å². The fourth-order valence-corrected chi connectivity index (χ4v) is 11.3. The highest BCUT2D eigenvalue weighted by Crippen LogP contribution is 2.66. The number of carbonyl (C=O) groups is 1. The van der Waals surface area contributed by atoms with Crippen LogP contribution in [0.1, 0.15) is 104 Å². The van der Waals surface area contributed by atoms with Gasteiger partial charge in [0.15, 0.2) is 0 Å². The van der Waals surface area contributed by atoms with Gasteiger partial charge in [-0.05, 0) is 87.4 Å². The summed E-state index contributed by atoms with van der Waals surface area (Å²) in [4.78, 5) is 15.3. The van der Waals surface area contributed by atoms with E-state index in [0.29, 0.717) is 34.8 Å². The van der Waals surface area contributed by atoms with Crippen molar-refractivity contribution in [2.75, 3.05) is 7.05 Å². The summed E-state index contributed by atoms with van der Waals surface area (Å²) in [5.41, 5.74) is 0.680. The molecule has 0 bridgehead atoms. The molecule has 4 heteroatoms. The number of carbonyl (C=O) groups excluding carboxylic acids is 1. The van der Waals surface area contributed by atoms with Crippen molar-refractivity contribution >= 4 is 17.7 Å². The van der Waals surface area contributed by atoms with Crippen molar-refractivity contribution in [1.82, 2.24) is 4.90 Å². The molecule has 5 saturated carbocycles. The molecule has 1 saturated heterocycles. The molecule has 0 N–H and O–H groups in total. The van der Waals surface area contributed by atoms with E-state index in [4.69, 9.17) is 4.74 Å². The van der Waals surface area contributed by atoms with E-state index in [1.54, 1.807) is 0 Å². The van der Waals surface area contributed by atoms with Crippen molar-refractivity contribution in [2.45, 2.75) is 132 Å². The van der Waals surface area contributed by atoms with Crippen LogP contribution < -0.4 is 0 Å². The lowest BCUT2D eigenvalue weighted by Crippen LogP contribution is -2.66. The number of fused-ring (bicyclic) bond motifs is 5. The topological polar surface area (TPSA) is 29.5 Å². The largest absolute Gasteiger partial charge is 0.374 e. The molecule has 0 aromatic carbocycles. The molecule has 6 unspecified atom stereocenters. The number of rotatable bonds is 4. The van der Waals surface area contributed by atoms with Crippen LogP contribution in [0, 0.1) is 28.6 Å². The van der Waals surface area contributed by atoms with Crippen LogP contribution in [0.4, 0.5) is 0 Å². The zero-order chi connectivity index (χ0) is 22.1. The third kappa shape index (κ3) is 3.43. The summed E-state index contributed by atoms with van der Waals surface area (Å²) in [5, 5.41) is 1.32. The zero-order valence-electron chi connectivity index (χ0n) is 20.7. The van der Waals surface area contributed by atoms with Gasteiger partial charge >= 0.3 is 0 Å². The molecule has 0 radical (unpaired) electrons. The molecule has 5 aliphatic carbocycles. The van der Waals surface area contributed by atoms with E-state index in [-0.39, 0.29) is 5.41 Å². The second kappa shape index (κ2) is 8.18. The number of ether oxygens (including phenoxy) is 1. The Bertz CT molecular complexity index is 733. The summed E-state index contributed by atoms with van der Waals surface area (Å²) in [6, 6.07) is 0.454. The molecule has 0 aromatic heterocycles. The van der Waals surface area contributed by atoms with E-state index >= 15 is 0 Å². The van der Waals surface area contributed by atoms with Crippen LogP contribution in [0.2, 0.25) is 0 Å². The number of amides is 1. The Balaban J connectivity index is 1.27. The van der Waals surface area contributed by atoms with Gasteiger partial charge in [0.2, 0.25) is 5.91 Å². The highest BCUT2D eigenvalue weighted by molar-refractivity contribution is 8.00. The summed E-state index contributed by atoms with van der Waals surface area (Å²) < 4.78 is 6.60. The first-order valence-electron chi connectivity index (χ1n) is 14.0. The quantitative estimate of drug-likeness (QED) is 0.484. The maximum Gasteiger partial charge on any atom is 0.223 e. The maximum atomic E-state index is 13.1. The average Bonchev–Trinajstić information content (AvgIpc) is 3.54. The van der Waals surface area contributed by atoms with E-state index in [2.05, 4.69) is 37.6 Å². The van der Waals surface area contributed by atoms with Gasteiger partial charge < -0.3 is 9.64 Å². The van der Waals surface area contributed by atoms with Gasteiger partial charge in [0, 0.05) is 35.4 Å². The normalized spacial score (nSPS) is 49.5. The van der Waals surface area contributed by atoms with Crippen LogP contribution in [0.25, 0.3) is 0 Å². The number of thioether (sulfide) groups is 1. The zero-order valence-corrected chi connectivity index (χ0v) is 21.5. The summed E-state index contributed by atoms with van der Waals surface area (Å²) in [5.74, 6) is 2.89. The molecule has 0 aromatic rings. The molecular weight excluding hydrogens is 414 g/mol. The predicted molar refractivity (Wildman–Crippen MR) is 132 cm³/mol. The van der Waals surface area contributed by atoms with Crippen molar-refractivity contribution in [1.29, 1.82) is 0 Å². The van der Waals surface area contributed by atoms with Crippen LogP contribution in [0.5, 0.6) is 0 Å². The molecule has 1 amide bonds. The van der Waals surface area contributed by atoms with Gasteiger partial charge in [0.1, 0.15) is 0 Å². The monoisotopic (exact) mass is 459 g/mol. The number of piperidine rings is 1. The Morgan fingerprint density at radius 2 is 1.69 bits per heavy atom. The van der Waals surface area contributed by atoms with Gasteiger partial charge in [-0.15, -0.1) is 0 Å². The molecule has 6 rings (SSSR count). The second-order valence-corrected chi connectivity index (χ2v) is 14.4. The van der Waals surface area contributed by atoms with E-state index < -0.39 is 0 Å². The molecule has 1 heterocycles. The lowest BCUT2D eigenvalue weighted by molar-refractivity contribution is -0.160. The number of hydrogen-bond donors (Lipinski definition) is 0. The SMILES string of the molecule is CN1C(=O)CC(SC2CCCCC2)C2(C)C3CCC4(C)C(CC[C@@H]4OC4CC4)C3CC[C@@H]12. The van der Waals surface area contributed by atoms with E-state index in [0.717, 1.165) is 29.4 Å². The Labute approximate surface area is 200 Å². The third-order valence-electron chi connectivity index (χ3n) is 11.3. The van der Waals surface area contributed by atoms with Crippen molar-refractivity contribution in [2.24, 2.45) is 28.6 Å². The third-order valence-corrected chi connectivity index (χ3v) is 13.2. The Morgan fingerprint density at radius 3 is 2.44 bits per heavy atom. The smallest absolute Gasteiger partial charge is 0.223 e. The molecule has 6 aliphatic rings. The molecule has 1 aliphatic heterocycles. The average molecular weight is 460 g/mol. The summed E-state index contributed by atoms with van der Waals surface area (Å²) in [6.07, 6.45) is 19.4. The van der Waals surface area contributed by atoms with Gasteiger partial charge in [0.25, 0.3) is 0 Å². The minimum absolute atomic E-state index is 0.282. The second-order valence-electron chi connectivity index (χ2n) is 12.9. The van der Waals surface area contributed by atoms with Gasteiger partial charge in [-0.2, -0.15) is 11.8 Å². The predicted octanol–water partition coefficient (Wildman–Crippen LogP) is 6.44. The minimum atomic E-state index is 0.282. The van der Waals surface area contributed by atoms with Crippen LogP contribution in [-0.4, -0.2) is 46.6 Å².